The number of carbonyl (C=O) groups is 1. The van der Waals surface area contributed by atoms with Gasteiger partial charge in [-0.2, -0.15) is 4.98 Å². The second-order valence-electron chi connectivity index (χ2n) is 9.59. The highest BCUT2D eigenvalue weighted by molar-refractivity contribution is 5.82. The Morgan fingerprint density at radius 2 is 2.06 bits per heavy atom. The zero-order chi connectivity index (χ0) is 25.1. The molecule has 1 amide bonds. The molecule has 5 rings (SSSR count). The average molecular weight is 494 g/mol. The topological polar surface area (TPSA) is 127 Å². The number of hydrogen-bond acceptors (Lipinski definition) is 9. The first-order valence-corrected chi connectivity index (χ1v) is 12.9. The molecule has 3 N–H and O–H groups in total. The van der Waals surface area contributed by atoms with Crippen molar-refractivity contribution >= 4 is 23.2 Å². The van der Waals surface area contributed by atoms with Crippen LogP contribution in [0, 0.1) is 6.92 Å². The third kappa shape index (κ3) is 5.06. The molecule has 3 aromatic rings. The van der Waals surface area contributed by atoms with Crippen LogP contribution in [0.4, 0.5) is 11.6 Å². The van der Waals surface area contributed by atoms with E-state index in [1.807, 2.05) is 11.1 Å². The van der Waals surface area contributed by atoms with Gasteiger partial charge in [-0.1, -0.05) is 19.4 Å². The zero-order valence-corrected chi connectivity index (χ0v) is 21.1. The normalized spacial score (nSPS) is 18.2. The number of nitrogens with two attached hydrogens (primary N) is 1. The number of rotatable bonds is 8. The molecule has 36 heavy (non-hydrogen) atoms. The maximum Gasteiger partial charge on any atom is 0.336 e. The number of fused-ring (bicyclic) bond motifs is 1. The first-order chi connectivity index (χ1) is 17.5. The van der Waals surface area contributed by atoms with Gasteiger partial charge in [0.25, 0.3) is 0 Å². The van der Waals surface area contributed by atoms with Crippen LogP contribution in [-0.4, -0.2) is 80.7 Å². The Morgan fingerprint density at radius 3 is 2.78 bits per heavy atom. The van der Waals surface area contributed by atoms with E-state index >= 15 is 0 Å². The molecular weight excluding hydrogens is 458 g/mol. The fourth-order valence-corrected chi connectivity index (χ4v) is 4.93. The number of nitrogens with one attached hydrogen (secondary N) is 1. The fourth-order valence-electron chi connectivity index (χ4n) is 4.93. The van der Waals surface area contributed by atoms with Gasteiger partial charge < -0.3 is 25.6 Å². The molecular formula is C25H35N9O2. The van der Waals surface area contributed by atoms with E-state index in [0.29, 0.717) is 24.5 Å². The van der Waals surface area contributed by atoms with Crippen molar-refractivity contribution in [2.24, 2.45) is 0 Å². The summed E-state index contributed by atoms with van der Waals surface area (Å²) in [5.41, 5.74) is 9.68. The fraction of sp³-hybridized carbons (Fsp3) is 0.560. The summed E-state index contributed by atoms with van der Waals surface area (Å²) >= 11 is 0. The Morgan fingerprint density at radius 1 is 1.22 bits per heavy atom. The number of piperazine rings is 1. The summed E-state index contributed by atoms with van der Waals surface area (Å²) in [6.07, 6.45) is 8.27. The van der Waals surface area contributed by atoms with E-state index in [4.69, 9.17) is 15.5 Å². The second-order valence-corrected chi connectivity index (χ2v) is 9.59. The molecule has 0 unspecified atom stereocenters. The van der Waals surface area contributed by atoms with Crippen LogP contribution in [0.25, 0.3) is 5.65 Å². The van der Waals surface area contributed by atoms with Gasteiger partial charge in [-0.15, -0.1) is 5.10 Å². The lowest BCUT2D eigenvalue weighted by molar-refractivity contribution is -0.133. The number of carbonyl (C=O) groups excluding carboxylic acids is 1. The maximum atomic E-state index is 12.7. The lowest BCUT2D eigenvalue weighted by atomic mass is 10.1. The summed E-state index contributed by atoms with van der Waals surface area (Å²) < 4.78 is 7.38. The van der Waals surface area contributed by atoms with Gasteiger partial charge in [0, 0.05) is 38.8 Å². The van der Waals surface area contributed by atoms with Gasteiger partial charge >= 0.3 is 6.01 Å². The van der Waals surface area contributed by atoms with E-state index in [9.17, 15) is 4.79 Å². The maximum absolute atomic E-state index is 12.7. The number of anilines is 2. The molecule has 5 heterocycles. The van der Waals surface area contributed by atoms with Crippen LogP contribution in [0.5, 0.6) is 6.01 Å². The van der Waals surface area contributed by atoms with Gasteiger partial charge in [0.15, 0.2) is 11.5 Å². The van der Waals surface area contributed by atoms with E-state index in [2.05, 4.69) is 45.2 Å². The molecule has 192 valence electrons. The summed E-state index contributed by atoms with van der Waals surface area (Å²) in [6, 6.07) is 2.42. The predicted molar refractivity (Wildman–Crippen MR) is 137 cm³/mol. The molecule has 0 aliphatic carbocycles. The minimum Gasteiger partial charge on any atom is -0.462 e. The molecule has 11 heteroatoms. The van der Waals surface area contributed by atoms with Gasteiger partial charge in [-0.05, 0) is 43.9 Å². The van der Waals surface area contributed by atoms with Crippen LogP contribution in [0.2, 0.25) is 0 Å². The van der Waals surface area contributed by atoms with Gasteiger partial charge in [-0.25, -0.2) is 14.5 Å². The number of nitrogen functional groups attached to an aromatic ring is 1. The number of aromatic nitrogens is 5. The first-order valence-electron chi connectivity index (χ1n) is 12.9. The molecule has 0 radical (unpaired) electrons. The summed E-state index contributed by atoms with van der Waals surface area (Å²) in [5, 5.41) is 7.82. The smallest absolute Gasteiger partial charge is 0.336 e. The van der Waals surface area contributed by atoms with Gasteiger partial charge in [0.1, 0.15) is 5.82 Å². The number of amides is 1. The standard InChI is InChI=1S/C25H35N9O2/c1-3-4-12-36-25-30-21(26)23-29-16-19(34(23)31-25)14-18-13-17(2)22(28-15-18)32-8-10-33(11-9-32)24(35)20-6-5-7-27-20/h13,15-16,20,27H,3-12,14H2,1-2H3,(H2,26,30,31)/t20-/m0/s1. The van der Waals surface area contributed by atoms with Crippen molar-refractivity contribution in [1.82, 2.24) is 34.8 Å². The number of aryl methyl sites for hydroxylation is 1. The summed E-state index contributed by atoms with van der Waals surface area (Å²) in [7, 11) is 0. The van der Waals surface area contributed by atoms with Crippen molar-refractivity contribution in [3.63, 3.8) is 0 Å². The molecule has 2 aliphatic rings. The number of ether oxygens (including phenoxy) is 1. The Hall–Kier alpha value is -3.47. The summed E-state index contributed by atoms with van der Waals surface area (Å²) in [6.45, 7) is 8.71. The zero-order valence-electron chi connectivity index (χ0n) is 21.1. The number of imidazole rings is 1. The predicted octanol–water partition coefficient (Wildman–Crippen LogP) is 1.58. The first kappa shape index (κ1) is 24.2. The molecule has 0 saturated carbocycles. The van der Waals surface area contributed by atoms with Crippen molar-refractivity contribution in [2.45, 2.75) is 52.0 Å². The highest BCUT2D eigenvalue weighted by Gasteiger charge is 2.29. The molecule has 11 nitrogen and oxygen atoms in total. The van der Waals surface area contributed by atoms with Gasteiger partial charge in [0.05, 0.1) is 24.5 Å². The molecule has 1 atom stereocenters. The Bertz CT molecular complexity index is 1210. The van der Waals surface area contributed by atoms with Crippen LogP contribution < -0.4 is 20.7 Å². The number of hydrogen-bond donors (Lipinski definition) is 2. The molecule has 0 spiro atoms. The van der Waals surface area contributed by atoms with Crippen LogP contribution in [-0.2, 0) is 11.2 Å². The SMILES string of the molecule is CCCCOc1nc(N)c2ncc(Cc3cnc(N4CCN(C(=O)[C@@H]5CCCN5)CC4)c(C)c3)n2n1. The molecule has 2 saturated heterocycles. The highest BCUT2D eigenvalue weighted by Crippen LogP contribution is 2.23. The van der Waals surface area contributed by atoms with E-state index in [1.54, 1.807) is 10.7 Å². The van der Waals surface area contributed by atoms with E-state index in [0.717, 1.165) is 81.0 Å². The van der Waals surface area contributed by atoms with E-state index < -0.39 is 0 Å². The lowest BCUT2D eigenvalue weighted by Crippen LogP contribution is -2.53. The monoisotopic (exact) mass is 493 g/mol. The van der Waals surface area contributed by atoms with Crippen LogP contribution in [0.3, 0.4) is 0 Å². The number of nitrogens with zero attached hydrogens (tertiary/aromatic N) is 7. The largest absolute Gasteiger partial charge is 0.462 e. The minimum atomic E-state index is -0.00470. The average Bonchev–Trinajstić information content (AvgIpc) is 3.55. The van der Waals surface area contributed by atoms with Crippen LogP contribution in [0.1, 0.15) is 49.4 Å². The Labute approximate surface area is 211 Å². The van der Waals surface area contributed by atoms with E-state index in [-0.39, 0.29) is 18.0 Å². The van der Waals surface area contributed by atoms with Gasteiger partial charge in [-0.3, -0.25) is 4.79 Å². The molecule has 2 aliphatic heterocycles. The van der Waals surface area contributed by atoms with Crippen molar-refractivity contribution in [3.05, 3.63) is 35.3 Å². The van der Waals surface area contributed by atoms with Crippen molar-refractivity contribution in [1.29, 1.82) is 0 Å². The highest BCUT2D eigenvalue weighted by atomic mass is 16.5. The van der Waals surface area contributed by atoms with Crippen molar-refractivity contribution in [2.75, 3.05) is 50.0 Å². The number of unbranched alkanes of at least 4 members (excludes halogenated alkanes) is 1. The third-order valence-corrected chi connectivity index (χ3v) is 6.91. The van der Waals surface area contributed by atoms with Crippen molar-refractivity contribution < 1.29 is 9.53 Å². The Balaban J connectivity index is 1.25. The molecule has 2 fully saturated rings. The summed E-state index contributed by atoms with van der Waals surface area (Å²) in [4.78, 5) is 30.4. The molecule has 0 aromatic carbocycles. The van der Waals surface area contributed by atoms with Crippen molar-refractivity contribution in [3.8, 4) is 6.01 Å². The number of pyridine rings is 1. The molecule has 3 aromatic heterocycles. The lowest BCUT2D eigenvalue weighted by Gasteiger charge is -2.37. The van der Waals surface area contributed by atoms with E-state index in [1.165, 1.54) is 0 Å². The van der Waals surface area contributed by atoms with Crippen LogP contribution >= 0.6 is 0 Å². The second kappa shape index (κ2) is 10.7. The van der Waals surface area contributed by atoms with Crippen LogP contribution in [0.15, 0.2) is 18.5 Å². The minimum absolute atomic E-state index is 0.00470. The summed E-state index contributed by atoms with van der Waals surface area (Å²) in [5.74, 6) is 1.51. The third-order valence-electron chi connectivity index (χ3n) is 6.91. The quantitative estimate of drug-likeness (QED) is 0.450. The Kier molecular flexibility index (Phi) is 7.17. The molecule has 0 bridgehead atoms. The van der Waals surface area contributed by atoms with Gasteiger partial charge in [0.2, 0.25) is 5.91 Å².